The molecule has 0 aromatic rings. The highest BCUT2D eigenvalue weighted by atomic mass is 16.5. The largest absolute Gasteiger partial charge is 0.359 e. The summed E-state index contributed by atoms with van der Waals surface area (Å²) in [6.45, 7) is 5.03. The summed E-state index contributed by atoms with van der Waals surface area (Å²) < 4.78 is 5.08. The molecule has 1 heterocycles. The van der Waals surface area contributed by atoms with Gasteiger partial charge in [-0.1, -0.05) is 6.92 Å². The standard InChI is InChI=1S/C8H12O3/c1-5(6(2)9)8(3)7(10)4-11-8/h5H,4H2,1-3H3. The molecular weight excluding hydrogens is 144 g/mol. The molecule has 11 heavy (non-hydrogen) atoms. The van der Waals surface area contributed by atoms with Crippen molar-refractivity contribution in [1.29, 1.82) is 0 Å². The molecule has 0 bridgehead atoms. The molecule has 0 spiro atoms. The van der Waals surface area contributed by atoms with Crippen LogP contribution in [0.4, 0.5) is 0 Å². The summed E-state index contributed by atoms with van der Waals surface area (Å²) in [6, 6.07) is 0. The van der Waals surface area contributed by atoms with Crippen LogP contribution in [0.25, 0.3) is 0 Å². The SMILES string of the molecule is CC(=O)C(C)C1(C)OCC1=O. The maximum absolute atomic E-state index is 11.0. The molecule has 1 aliphatic rings. The number of hydrogen-bond acceptors (Lipinski definition) is 3. The minimum atomic E-state index is -0.828. The molecule has 1 rings (SSSR count). The maximum atomic E-state index is 11.0. The van der Waals surface area contributed by atoms with E-state index in [-0.39, 0.29) is 24.1 Å². The van der Waals surface area contributed by atoms with Crippen LogP contribution in [0, 0.1) is 5.92 Å². The van der Waals surface area contributed by atoms with E-state index in [1.54, 1.807) is 13.8 Å². The summed E-state index contributed by atoms with van der Waals surface area (Å²) >= 11 is 0. The van der Waals surface area contributed by atoms with Crippen molar-refractivity contribution in [3.05, 3.63) is 0 Å². The van der Waals surface area contributed by atoms with Gasteiger partial charge in [0.25, 0.3) is 0 Å². The molecule has 1 aliphatic heterocycles. The maximum Gasteiger partial charge on any atom is 0.190 e. The lowest BCUT2D eigenvalue weighted by Crippen LogP contribution is -2.58. The fourth-order valence-electron chi connectivity index (χ4n) is 1.11. The second kappa shape index (κ2) is 2.41. The van der Waals surface area contributed by atoms with E-state index in [4.69, 9.17) is 4.74 Å². The molecule has 62 valence electrons. The average Bonchev–Trinajstić information content (AvgIpc) is 1.98. The van der Waals surface area contributed by atoms with Gasteiger partial charge in [0, 0.05) is 0 Å². The first-order valence-corrected chi connectivity index (χ1v) is 3.66. The molecule has 0 radical (unpaired) electrons. The van der Waals surface area contributed by atoms with E-state index in [2.05, 4.69) is 0 Å². The van der Waals surface area contributed by atoms with Crippen LogP contribution in [0.2, 0.25) is 0 Å². The van der Waals surface area contributed by atoms with E-state index in [1.165, 1.54) is 6.92 Å². The summed E-state index contributed by atoms with van der Waals surface area (Å²) in [5.74, 6) is -0.287. The third-order valence-electron chi connectivity index (χ3n) is 2.49. The Morgan fingerprint density at radius 1 is 1.73 bits per heavy atom. The minimum Gasteiger partial charge on any atom is -0.359 e. The Hall–Kier alpha value is -0.700. The Morgan fingerprint density at radius 3 is 2.36 bits per heavy atom. The first kappa shape index (κ1) is 8.40. The number of ether oxygens (including phenoxy) is 1. The van der Waals surface area contributed by atoms with Gasteiger partial charge in [-0.25, -0.2) is 0 Å². The Balaban J connectivity index is 2.73. The van der Waals surface area contributed by atoms with Gasteiger partial charge in [-0.2, -0.15) is 0 Å². The third kappa shape index (κ3) is 1.09. The summed E-state index contributed by atoms with van der Waals surface area (Å²) in [5, 5.41) is 0. The van der Waals surface area contributed by atoms with Crippen LogP contribution < -0.4 is 0 Å². The minimum absolute atomic E-state index is 0.000509. The number of ketones is 2. The van der Waals surface area contributed by atoms with Gasteiger partial charge in [0.05, 0.1) is 5.92 Å². The molecule has 1 saturated heterocycles. The molecular formula is C8H12O3. The Bertz CT molecular complexity index is 209. The molecule has 3 heteroatoms. The van der Waals surface area contributed by atoms with Crippen LogP contribution in [0.5, 0.6) is 0 Å². The predicted octanol–water partition coefficient (Wildman–Crippen LogP) is 0.569. The predicted molar refractivity (Wildman–Crippen MR) is 39.2 cm³/mol. The summed E-state index contributed by atoms with van der Waals surface area (Å²) in [5.41, 5.74) is -0.828. The van der Waals surface area contributed by atoms with Gasteiger partial charge in [-0.15, -0.1) is 0 Å². The van der Waals surface area contributed by atoms with E-state index in [0.717, 1.165) is 0 Å². The molecule has 0 amide bonds. The Kier molecular flexibility index (Phi) is 1.84. The van der Waals surface area contributed by atoms with E-state index in [1.807, 2.05) is 0 Å². The van der Waals surface area contributed by atoms with E-state index < -0.39 is 5.60 Å². The second-order valence-electron chi connectivity index (χ2n) is 3.15. The van der Waals surface area contributed by atoms with Gasteiger partial charge in [-0.3, -0.25) is 9.59 Å². The second-order valence-corrected chi connectivity index (χ2v) is 3.15. The highest BCUT2D eigenvalue weighted by molar-refractivity contribution is 5.97. The first-order chi connectivity index (χ1) is 4.98. The Labute approximate surface area is 65.7 Å². The number of carbonyl (C=O) groups is 2. The number of Topliss-reactive ketones (excluding diaryl/α,β-unsaturated/α-hetero) is 2. The number of rotatable bonds is 2. The lowest BCUT2D eigenvalue weighted by Gasteiger charge is -2.40. The van der Waals surface area contributed by atoms with E-state index >= 15 is 0 Å². The van der Waals surface area contributed by atoms with Crippen molar-refractivity contribution < 1.29 is 14.3 Å². The highest BCUT2D eigenvalue weighted by Gasteiger charge is 2.49. The average molecular weight is 156 g/mol. The van der Waals surface area contributed by atoms with Crippen molar-refractivity contribution in [2.24, 2.45) is 5.92 Å². The molecule has 0 aromatic heterocycles. The first-order valence-electron chi connectivity index (χ1n) is 3.66. The summed E-state index contributed by atoms with van der Waals surface area (Å²) in [6.07, 6.45) is 0. The number of carbonyl (C=O) groups excluding carboxylic acids is 2. The molecule has 2 atom stereocenters. The lowest BCUT2D eigenvalue weighted by atomic mass is 9.81. The lowest BCUT2D eigenvalue weighted by molar-refractivity contribution is -0.186. The van der Waals surface area contributed by atoms with Crippen molar-refractivity contribution >= 4 is 11.6 Å². The van der Waals surface area contributed by atoms with Crippen molar-refractivity contribution in [2.75, 3.05) is 6.61 Å². The monoisotopic (exact) mass is 156 g/mol. The molecule has 0 N–H and O–H groups in total. The zero-order valence-corrected chi connectivity index (χ0v) is 7.01. The van der Waals surface area contributed by atoms with Crippen LogP contribution in [0.15, 0.2) is 0 Å². The summed E-state index contributed by atoms with van der Waals surface area (Å²) in [7, 11) is 0. The van der Waals surface area contributed by atoms with Crippen LogP contribution in [0.1, 0.15) is 20.8 Å². The third-order valence-corrected chi connectivity index (χ3v) is 2.49. The molecule has 3 nitrogen and oxygen atoms in total. The molecule has 1 fully saturated rings. The molecule has 2 unspecified atom stereocenters. The topological polar surface area (TPSA) is 43.4 Å². The van der Waals surface area contributed by atoms with Gasteiger partial charge < -0.3 is 4.74 Å². The van der Waals surface area contributed by atoms with Crippen LogP contribution >= 0.6 is 0 Å². The van der Waals surface area contributed by atoms with Crippen molar-refractivity contribution in [2.45, 2.75) is 26.4 Å². The van der Waals surface area contributed by atoms with Crippen LogP contribution in [0.3, 0.4) is 0 Å². The van der Waals surface area contributed by atoms with Crippen LogP contribution in [-0.2, 0) is 14.3 Å². The molecule has 0 aromatic carbocycles. The summed E-state index contributed by atoms with van der Waals surface area (Å²) in [4.78, 5) is 21.9. The van der Waals surface area contributed by atoms with Crippen molar-refractivity contribution in [3.8, 4) is 0 Å². The fraction of sp³-hybridized carbons (Fsp3) is 0.750. The van der Waals surface area contributed by atoms with E-state index in [9.17, 15) is 9.59 Å². The van der Waals surface area contributed by atoms with Gasteiger partial charge in [0.2, 0.25) is 0 Å². The van der Waals surface area contributed by atoms with Crippen molar-refractivity contribution in [1.82, 2.24) is 0 Å². The highest BCUT2D eigenvalue weighted by Crippen LogP contribution is 2.30. The van der Waals surface area contributed by atoms with Crippen molar-refractivity contribution in [3.63, 3.8) is 0 Å². The van der Waals surface area contributed by atoms with Crippen LogP contribution in [-0.4, -0.2) is 23.8 Å². The normalized spacial score (nSPS) is 32.8. The fourth-order valence-corrected chi connectivity index (χ4v) is 1.11. The van der Waals surface area contributed by atoms with Gasteiger partial charge in [-0.05, 0) is 13.8 Å². The molecule has 0 saturated carbocycles. The van der Waals surface area contributed by atoms with Gasteiger partial charge in [0.15, 0.2) is 5.78 Å². The van der Waals surface area contributed by atoms with E-state index in [0.29, 0.717) is 0 Å². The zero-order chi connectivity index (χ0) is 8.65. The van der Waals surface area contributed by atoms with Gasteiger partial charge >= 0.3 is 0 Å². The zero-order valence-electron chi connectivity index (χ0n) is 7.01. The number of hydrogen-bond donors (Lipinski definition) is 0. The quantitative estimate of drug-likeness (QED) is 0.587. The Morgan fingerprint density at radius 2 is 2.27 bits per heavy atom. The van der Waals surface area contributed by atoms with Gasteiger partial charge in [0.1, 0.15) is 18.0 Å². The molecule has 0 aliphatic carbocycles. The smallest absolute Gasteiger partial charge is 0.190 e.